The Labute approximate surface area is 55.5 Å². The van der Waals surface area contributed by atoms with Crippen molar-refractivity contribution >= 4 is 21.8 Å². The summed E-state index contributed by atoms with van der Waals surface area (Å²) < 4.78 is 35.3. The highest BCUT2D eigenvalue weighted by Gasteiger charge is 2.11. The van der Waals surface area contributed by atoms with E-state index in [2.05, 4.69) is 4.37 Å². The summed E-state index contributed by atoms with van der Waals surface area (Å²) in [6.07, 6.45) is 0.972. The molecule has 1 rings (SSSR count). The average Bonchev–Trinajstić information content (AvgIpc) is 2.08. The molecule has 0 aliphatic heterocycles. The van der Waals surface area contributed by atoms with E-state index in [-0.39, 0.29) is 4.90 Å². The normalized spacial score (nSPS) is 11.7. The minimum Gasteiger partial charge on any atom is -0.200 e. The first-order valence-electron chi connectivity index (χ1n) is 1.95. The third-order valence-corrected chi connectivity index (χ3v) is 2.21. The maximum absolute atomic E-state index is 11.9. The molecule has 1 heterocycles. The van der Waals surface area contributed by atoms with E-state index < -0.39 is 10.2 Å². The van der Waals surface area contributed by atoms with Gasteiger partial charge in [0.1, 0.15) is 4.90 Å². The predicted molar refractivity (Wildman–Crippen MR) is 30.4 cm³/mol. The van der Waals surface area contributed by atoms with Crippen molar-refractivity contribution in [3.63, 3.8) is 0 Å². The Morgan fingerprint density at radius 2 is 2.33 bits per heavy atom. The van der Waals surface area contributed by atoms with Crippen LogP contribution < -0.4 is 0 Å². The summed E-state index contributed by atoms with van der Waals surface area (Å²) in [4.78, 5) is -0.368. The van der Waals surface area contributed by atoms with E-state index in [0.29, 0.717) is 0 Å². The quantitative estimate of drug-likeness (QED) is 0.581. The molecule has 1 aromatic heterocycles. The van der Waals surface area contributed by atoms with E-state index in [0.717, 1.165) is 23.1 Å². The number of nitrogens with zero attached hydrogens (tertiary/aromatic N) is 1. The van der Waals surface area contributed by atoms with Crippen molar-refractivity contribution in [1.29, 1.82) is 0 Å². The standard InChI is InChI=1S/C3H2FNO2S2/c4-9(6,7)3-1-5-8-2-3/h1-2H. The number of hydrogen-bond donors (Lipinski definition) is 0. The van der Waals surface area contributed by atoms with Crippen molar-refractivity contribution in [1.82, 2.24) is 4.37 Å². The van der Waals surface area contributed by atoms with E-state index in [1.54, 1.807) is 0 Å². The highest BCUT2D eigenvalue weighted by atomic mass is 32.3. The lowest BCUT2D eigenvalue weighted by Crippen LogP contribution is -1.86. The van der Waals surface area contributed by atoms with E-state index in [9.17, 15) is 12.3 Å². The summed E-state index contributed by atoms with van der Waals surface area (Å²) in [6, 6.07) is 0. The fraction of sp³-hybridized carbons (Fsp3) is 0. The number of aromatic nitrogens is 1. The van der Waals surface area contributed by atoms with E-state index in [4.69, 9.17) is 0 Å². The molecule has 0 radical (unpaired) electrons. The lowest BCUT2D eigenvalue weighted by atomic mass is 10.8. The van der Waals surface area contributed by atoms with Gasteiger partial charge in [-0.15, -0.1) is 3.89 Å². The van der Waals surface area contributed by atoms with Gasteiger partial charge in [-0.05, 0) is 11.5 Å². The predicted octanol–water partition coefficient (Wildman–Crippen LogP) is 0.801. The van der Waals surface area contributed by atoms with Crippen LogP contribution >= 0.6 is 11.5 Å². The maximum atomic E-state index is 11.9. The molecule has 1 aromatic rings. The van der Waals surface area contributed by atoms with Crippen molar-refractivity contribution in [2.24, 2.45) is 0 Å². The summed E-state index contributed by atoms with van der Waals surface area (Å²) in [7, 11) is -4.51. The largest absolute Gasteiger partial charge is 0.334 e. The summed E-state index contributed by atoms with van der Waals surface area (Å²) >= 11 is 0.897. The first kappa shape index (κ1) is 6.63. The molecule has 50 valence electrons. The van der Waals surface area contributed by atoms with Crippen LogP contribution in [0.25, 0.3) is 0 Å². The van der Waals surface area contributed by atoms with Gasteiger partial charge in [0.25, 0.3) is 0 Å². The monoisotopic (exact) mass is 167 g/mol. The fourth-order valence-electron chi connectivity index (χ4n) is 0.316. The van der Waals surface area contributed by atoms with Crippen LogP contribution in [0.1, 0.15) is 0 Å². The molecule has 0 aliphatic rings. The molecule has 0 aliphatic carbocycles. The minimum absolute atomic E-state index is 0.368. The van der Waals surface area contributed by atoms with Crippen molar-refractivity contribution in [2.45, 2.75) is 4.90 Å². The van der Waals surface area contributed by atoms with Gasteiger partial charge < -0.3 is 0 Å². The zero-order chi connectivity index (χ0) is 6.91. The summed E-state index contributed by atoms with van der Waals surface area (Å²) in [5, 5.41) is 1.13. The van der Waals surface area contributed by atoms with Crippen LogP contribution in [-0.2, 0) is 10.2 Å². The molecule has 0 fully saturated rings. The van der Waals surface area contributed by atoms with Crippen molar-refractivity contribution in [2.75, 3.05) is 0 Å². The molecule has 0 amide bonds. The summed E-state index contributed by atoms with van der Waals surface area (Å²) in [5.74, 6) is 0. The Hall–Kier alpha value is -0.490. The first-order valence-corrected chi connectivity index (χ1v) is 4.17. The Morgan fingerprint density at radius 3 is 2.56 bits per heavy atom. The maximum Gasteiger partial charge on any atom is 0.334 e. The number of halogens is 1. The zero-order valence-corrected chi connectivity index (χ0v) is 5.75. The molecule has 0 bridgehead atoms. The first-order chi connectivity index (χ1) is 4.11. The van der Waals surface area contributed by atoms with Gasteiger partial charge in [0.05, 0.1) is 6.20 Å². The fourth-order valence-corrected chi connectivity index (χ4v) is 1.55. The second-order valence-electron chi connectivity index (χ2n) is 1.30. The van der Waals surface area contributed by atoms with Crippen LogP contribution in [0.4, 0.5) is 3.89 Å². The minimum atomic E-state index is -4.51. The third kappa shape index (κ3) is 1.46. The molecule has 6 heteroatoms. The second-order valence-corrected chi connectivity index (χ2v) is 3.30. The topological polar surface area (TPSA) is 47.0 Å². The van der Waals surface area contributed by atoms with Crippen molar-refractivity contribution in [3.05, 3.63) is 11.6 Å². The van der Waals surface area contributed by atoms with Gasteiger partial charge in [0, 0.05) is 5.38 Å². The number of rotatable bonds is 1. The lowest BCUT2D eigenvalue weighted by Gasteiger charge is -1.80. The lowest BCUT2D eigenvalue weighted by molar-refractivity contribution is 0.552. The van der Waals surface area contributed by atoms with Crippen molar-refractivity contribution in [3.8, 4) is 0 Å². The molecule has 0 spiro atoms. The average molecular weight is 167 g/mol. The van der Waals surface area contributed by atoms with Gasteiger partial charge in [-0.2, -0.15) is 12.8 Å². The van der Waals surface area contributed by atoms with E-state index >= 15 is 0 Å². The summed E-state index contributed by atoms with van der Waals surface area (Å²) in [5.41, 5.74) is 0. The molecule has 0 saturated carbocycles. The van der Waals surface area contributed by atoms with Crippen LogP contribution in [0.5, 0.6) is 0 Å². The smallest absolute Gasteiger partial charge is 0.200 e. The van der Waals surface area contributed by atoms with Crippen molar-refractivity contribution < 1.29 is 12.3 Å². The van der Waals surface area contributed by atoms with Gasteiger partial charge >= 0.3 is 10.2 Å². The van der Waals surface area contributed by atoms with Gasteiger partial charge in [-0.3, -0.25) is 0 Å². The van der Waals surface area contributed by atoms with E-state index in [1.807, 2.05) is 0 Å². The van der Waals surface area contributed by atoms with Gasteiger partial charge in [0.2, 0.25) is 0 Å². The highest BCUT2D eigenvalue weighted by molar-refractivity contribution is 7.86. The van der Waals surface area contributed by atoms with Crippen LogP contribution in [0.2, 0.25) is 0 Å². The summed E-state index contributed by atoms with van der Waals surface area (Å²) in [6.45, 7) is 0. The molecule has 0 N–H and O–H groups in total. The van der Waals surface area contributed by atoms with E-state index in [1.165, 1.54) is 0 Å². The Morgan fingerprint density at radius 1 is 1.67 bits per heavy atom. The molecule has 9 heavy (non-hydrogen) atoms. The Bertz CT molecular complexity index is 277. The zero-order valence-electron chi connectivity index (χ0n) is 4.11. The Kier molecular flexibility index (Phi) is 1.50. The van der Waals surface area contributed by atoms with Gasteiger partial charge in [-0.1, -0.05) is 0 Å². The van der Waals surface area contributed by atoms with Gasteiger partial charge in [-0.25, -0.2) is 0 Å². The third-order valence-electron chi connectivity index (χ3n) is 0.691. The molecular weight excluding hydrogens is 165 g/mol. The molecule has 0 saturated heterocycles. The number of hydrogen-bond acceptors (Lipinski definition) is 4. The second kappa shape index (κ2) is 2.03. The SMILES string of the molecule is O=S(=O)(F)c1cnsc1. The molecule has 0 atom stereocenters. The Balaban J connectivity index is 3.20. The van der Waals surface area contributed by atoms with Crippen LogP contribution in [0.3, 0.4) is 0 Å². The molecule has 0 aromatic carbocycles. The van der Waals surface area contributed by atoms with Crippen LogP contribution in [0.15, 0.2) is 16.5 Å². The molecular formula is C3H2FNO2S2. The molecule has 3 nitrogen and oxygen atoms in total. The molecule has 0 unspecified atom stereocenters. The van der Waals surface area contributed by atoms with Crippen LogP contribution in [-0.4, -0.2) is 12.8 Å². The highest BCUT2D eigenvalue weighted by Crippen LogP contribution is 2.11. The van der Waals surface area contributed by atoms with Gasteiger partial charge in [0.15, 0.2) is 0 Å². The van der Waals surface area contributed by atoms with Crippen LogP contribution in [0, 0.1) is 0 Å².